The first kappa shape index (κ1) is 25.0. The smallest absolute Gasteiger partial charge is 0.251 e. The predicted octanol–water partition coefficient (Wildman–Crippen LogP) is 1.96. The van der Waals surface area contributed by atoms with Crippen LogP contribution in [0.3, 0.4) is 0 Å². The molecule has 11 heteroatoms. The van der Waals surface area contributed by atoms with Gasteiger partial charge in [0.2, 0.25) is 0 Å². The summed E-state index contributed by atoms with van der Waals surface area (Å²) in [5.74, 6) is -0.531. The number of nitrogens with one attached hydrogen (secondary N) is 2. The van der Waals surface area contributed by atoms with Gasteiger partial charge in [0.1, 0.15) is 9.84 Å². The third-order valence-corrected chi connectivity index (χ3v) is 6.34. The van der Waals surface area contributed by atoms with Crippen molar-refractivity contribution in [1.82, 2.24) is 20.2 Å². The van der Waals surface area contributed by atoms with Crippen LogP contribution in [0.15, 0.2) is 36.5 Å². The molecular formula is C22H27ClN4O5S. The van der Waals surface area contributed by atoms with Crippen LogP contribution in [0.25, 0.3) is 22.2 Å². The highest BCUT2D eigenvalue weighted by Crippen LogP contribution is 2.36. The van der Waals surface area contributed by atoms with E-state index in [1.54, 1.807) is 24.4 Å². The quantitative estimate of drug-likeness (QED) is 0.458. The summed E-state index contributed by atoms with van der Waals surface area (Å²) in [6.07, 6.45) is 2.92. The minimum atomic E-state index is -3.16. The van der Waals surface area contributed by atoms with Crippen molar-refractivity contribution in [3.8, 4) is 17.1 Å². The lowest BCUT2D eigenvalue weighted by Gasteiger charge is -2.26. The molecule has 4 rings (SSSR count). The van der Waals surface area contributed by atoms with E-state index < -0.39 is 9.84 Å². The molecule has 0 radical (unpaired) electrons. The van der Waals surface area contributed by atoms with E-state index in [-0.39, 0.29) is 36.5 Å². The van der Waals surface area contributed by atoms with Crippen LogP contribution in [-0.2, 0) is 21.1 Å². The van der Waals surface area contributed by atoms with Crippen molar-refractivity contribution in [1.29, 1.82) is 0 Å². The zero-order valence-corrected chi connectivity index (χ0v) is 19.8. The Morgan fingerprint density at radius 1 is 1.24 bits per heavy atom. The molecule has 9 nitrogen and oxygen atoms in total. The number of aromatic nitrogens is 2. The molecule has 0 unspecified atom stereocenters. The molecule has 0 atom stereocenters. The number of H-pyrrole nitrogens is 1. The molecule has 0 spiro atoms. The number of hydrogen-bond donors (Lipinski definition) is 3. The number of carbonyl (C=O) groups excluding carboxylic acids is 1. The number of aromatic amines is 1. The first-order chi connectivity index (χ1) is 15.3. The zero-order valence-electron chi connectivity index (χ0n) is 18.2. The number of aromatic hydroxyl groups is 1. The molecule has 0 aliphatic carbocycles. The van der Waals surface area contributed by atoms with E-state index >= 15 is 0 Å². The number of ether oxygens (including phenoxy) is 1. The summed E-state index contributed by atoms with van der Waals surface area (Å²) in [6, 6.07) is 8.84. The van der Waals surface area contributed by atoms with Gasteiger partial charge in [0.25, 0.3) is 5.91 Å². The summed E-state index contributed by atoms with van der Waals surface area (Å²) < 4.78 is 27.9. The van der Waals surface area contributed by atoms with Crippen molar-refractivity contribution in [2.24, 2.45) is 0 Å². The van der Waals surface area contributed by atoms with Gasteiger partial charge < -0.3 is 20.1 Å². The molecule has 178 valence electrons. The molecule has 0 bridgehead atoms. The third kappa shape index (κ3) is 6.23. The van der Waals surface area contributed by atoms with Gasteiger partial charge in [-0.15, -0.1) is 12.4 Å². The molecular weight excluding hydrogens is 468 g/mol. The van der Waals surface area contributed by atoms with Crippen LogP contribution in [0.2, 0.25) is 0 Å². The molecule has 0 saturated carbocycles. The number of halogens is 1. The molecule has 3 N–H and O–H groups in total. The van der Waals surface area contributed by atoms with E-state index in [0.717, 1.165) is 44.7 Å². The van der Waals surface area contributed by atoms with Gasteiger partial charge in [-0.25, -0.2) is 8.42 Å². The van der Waals surface area contributed by atoms with E-state index in [1.165, 1.54) is 0 Å². The van der Waals surface area contributed by atoms with Gasteiger partial charge in [-0.1, -0.05) is 6.07 Å². The normalized spacial score (nSPS) is 14.7. The van der Waals surface area contributed by atoms with Gasteiger partial charge in [-0.2, -0.15) is 0 Å². The number of rotatable bonds is 7. The van der Waals surface area contributed by atoms with Gasteiger partial charge in [-0.3, -0.25) is 14.7 Å². The average Bonchev–Trinajstić information content (AvgIpc) is 3.09. The van der Waals surface area contributed by atoms with Crippen LogP contribution in [0.4, 0.5) is 0 Å². The Balaban J connectivity index is 0.00000306. The molecule has 1 saturated heterocycles. The number of fused-ring (bicyclic) bond motifs is 1. The van der Waals surface area contributed by atoms with E-state index in [1.807, 2.05) is 12.1 Å². The largest absolute Gasteiger partial charge is 0.494 e. The topological polar surface area (TPSA) is 125 Å². The van der Waals surface area contributed by atoms with Crippen LogP contribution in [-0.4, -0.2) is 79.2 Å². The summed E-state index contributed by atoms with van der Waals surface area (Å²) in [4.78, 5) is 22.2. The molecule has 3 aromatic rings. The van der Waals surface area contributed by atoms with Crippen LogP contribution >= 0.6 is 12.4 Å². The van der Waals surface area contributed by atoms with Gasteiger partial charge in [0.05, 0.1) is 30.2 Å². The molecule has 1 amide bonds. The Hall–Kier alpha value is -2.66. The fraction of sp³-hybridized carbons (Fsp3) is 0.364. The Kier molecular flexibility index (Phi) is 7.96. The van der Waals surface area contributed by atoms with Gasteiger partial charge in [0.15, 0.2) is 5.88 Å². The summed E-state index contributed by atoms with van der Waals surface area (Å²) in [5, 5.41) is 13.8. The number of pyridine rings is 1. The van der Waals surface area contributed by atoms with Crippen LogP contribution in [0.1, 0.15) is 15.9 Å². The van der Waals surface area contributed by atoms with E-state index in [9.17, 15) is 18.3 Å². The summed E-state index contributed by atoms with van der Waals surface area (Å²) in [5.41, 5.74) is 3.22. The summed E-state index contributed by atoms with van der Waals surface area (Å²) in [7, 11) is -3.16. The first-order valence-electron chi connectivity index (χ1n) is 10.4. The minimum absolute atomic E-state index is 0. The van der Waals surface area contributed by atoms with Gasteiger partial charge in [0, 0.05) is 55.1 Å². The fourth-order valence-electron chi connectivity index (χ4n) is 3.71. The Morgan fingerprint density at radius 3 is 2.67 bits per heavy atom. The zero-order chi connectivity index (χ0) is 22.7. The lowest BCUT2D eigenvalue weighted by Crippen LogP contribution is -2.35. The standard InChI is InChI=1S/C22H26N4O5S.ClH/c1-32(29,30)11-6-23-21(27)16-3-5-18-17(12-16)20(22(28)25-18)19-4-2-15(13-24-19)14-26-7-9-31-10-8-26;/h2-5,12-13,25,28H,6-11,14H2,1H3,(H,23,27);1H. The maximum absolute atomic E-state index is 12.5. The van der Waals surface area contributed by atoms with E-state index in [0.29, 0.717) is 27.7 Å². The molecule has 2 aromatic heterocycles. The second-order valence-electron chi connectivity index (χ2n) is 7.93. The Morgan fingerprint density at radius 2 is 2.00 bits per heavy atom. The van der Waals surface area contributed by atoms with Crippen molar-refractivity contribution < 1.29 is 23.1 Å². The fourth-order valence-corrected chi connectivity index (χ4v) is 4.19. The highest BCUT2D eigenvalue weighted by Gasteiger charge is 2.17. The maximum Gasteiger partial charge on any atom is 0.251 e. The number of carbonyl (C=O) groups is 1. The molecule has 33 heavy (non-hydrogen) atoms. The summed E-state index contributed by atoms with van der Waals surface area (Å²) in [6.45, 7) is 4.07. The number of amides is 1. The van der Waals surface area contributed by atoms with Crippen molar-refractivity contribution in [3.05, 3.63) is 47.7 Å². The molecule has 1 aromatic carbocycles. The van der Waals surface area contributed by atoms with E-state index in [4.69, 9.17) is 4.74 Å². The molecule has 1 aliphatic heterocycles. The Labute approximate surface area is 198 Å². The monoisotopic (exact) mass is 494 g/mol. The highest BCUT2D eigenvalue weighted by molar-refractivity contribution is 7.90. The lowest BCUT2D eigenvalue weighted by atomic mass is 10.1. The number of hydrogen-bond acceptors (Lipinski definition) is 7. The molecule has 3 heterocycles. The summed E-state index contributed by atoms with van der Waals surface area (Å²) >= 11 is 0. The third-order valence-electron chi connectivity index (χ3n) is 5.39. The highest BCUT2D eigenvalue weighted by atomic mass is 35.5. The van der Waals surface area contributed by atoms with Crippen LogP contribution < -0.4 is 5.32 Å². The van der Waals surface area contributed by atoms with Crippen LogP contribution in [0.5, 0.6) is 5.88 Å². The van der Waals surface area contributed by atoms with Crippen molar-refractivity contribution in [2.45, 2.75) is 6.54 Å². The molecule has 1 fully saturated rings. The lowest BCUT2D eigenvalue weighted by molar-refractivity contribution is 0.0341. The van der Waals surface area contributed by atoms with Crippen molar-refractivity contribution in [2.75, 3.05) is 44.9 Å². The first-order valence-corrected chi connectivity index (χ1v) is 12.4. The SMILES string of the molecule is CS(=O)(=O)CCNC(=O)c1ccc2[nH]c(O)c(-c3ccc(CN4CCOCC4)cn3)c2c1.Cl. The number of morpholine rings is 1. The van der Waals surface area contributed by atoms with Crippen molar-refractivity contribution in [3.63, 3.8) is 0 Å². The van der Waals surface area contributed by atoms with Crippen molar-refractivity contribution >= 4 is 39.1 Å². The van der Waals surface area contributed by atoms with Gasteiger partial charge in [-0.05, 0) is 29.8 Å². The number of nitrogens with zero attached hydrogens (tertiary/aromatic N) is 2. The van der Waals surface area contributed by atoms with Crippen LogP contribution in [0, 0.1) is 0 Å². The Bertz CT molecular complexity index is 1220. The second-order valence-corrected chi connectivity index (χ2v) is 10.2. The number of benzene rings is 1. The maximum atomic E-state index is 12.5. The molecule has 1 aliphatic rings. The van der Waals surface area contributed by atoms with Gasteiger partial charge >= 0.3 is 0 Å². The van der Waals surface area contributed by atoms with E-state index in [2.05, 4.69) is 20.2 Å². The average molecular weight is 495 g/mol. The number of sulfone groups is 1. The second kappa shape index (κ2) is 10.5. The predicted molar refractivity (Wildman–Crippen MR) is 129 cm³/mol. The minimum Gasteiger partial charge on any atom is -0.494 e.